The lowest BCUT2D eigenvalue weighted by atomic mass is 9.93. The standard InChI is InChI=1S/C66H44N2O/c1-2-15-45(16-3-1)47-33-39-51(40-34-47)67(53-43-37-49(38-44-53)54-17-4-5-19-56(54)60-23-14-24-61-59-22-9-13-28-65(59)69-66(60)61)52-41-35-48(36-42-52)46-29-31-50(32-30-46)55-18-6-10-25-62(55)68-63-26-11-7-20-57(63)58-21-8-12-27-64(58)68/h1-44H. The first kappa shape index (κ1) is 40.1. The summed E-state index contributed by atoms with van der Waals surface area (Å²) in [5.41, 5.74) is 20.2. The summed E-state index contributed by atoms with van der Waals surface area (Å²) in [6, 6.07) is 95.9. The fraction of sp³-hybridized carbons (Fsp3) is 0. The van der Waals surface area contributed by atoms with Gasteiger partial charge in [0.25, 0.3) is 0 Å². The summed E-state index contributed by atoms with van der Waals surface area (Å²) in [4.78, 5) is 2.35. The van der Waals surface area contributed by atoms with Crippen LogP contribution in [0.5, 0.6) is 0 Å². The maximum absolute atomic E-state index is 6.51. The molecular formula is C66H44N2O. The molecule has 0 fully saturated rings. The predicted molar refractivity (Wildman–Crippen MR) is 290 cm³/mol. The Hall–Kier alpha value is -9.18. The second-order valence-corrected chi connectivity index (χ2v) is 17.6. The Morgan fingerprint density at radius 1 is 0.261 bits per heavy atom. The van der Waals surface area contributed by atoms with Crippen LogP contribution in [-0.2, 0) is 0 Å². The van der Waals surface area contributed by atoms with E-state index in [0.717, 1.165) is 66.8 Å². The smallest absolute Gasteiger partial charge is 0.143 e. The van der Waals surface area contributed by atoms with Crippen LogP contribution in [0.1, 0.15) is 0 Å². The van der Waals surface area contributed by atoms with E-state index in [1.54, 1.807) is 0 Å². The molecule has 0 bridgehead atoms. The summed E-state index contributed by atoms with van der Waals surface area (Å²) < 4.78 is 8.91. The summed E-state index contributed by atoms with van der Waals surface area (Å²) >= 11 is 0. The van der Waals surface area contributed by atoms with Crippen LogP contribution in [0.15, 0.2) is 271 Å². The average molecular weight is 881 g/mol. The van der Waals surface area contributed by atoms with E-state index in [9.17, 15) is 0 Å². The number of para-hydroxylation sites is 5. The third kappa shape index (κ3) is 7.08. The van der Waals surface area contributed by atoms with Crippen molar-refractivity contribution in [2.75, 3.05) is 4.90 Å². The van der Waals surface area contributed by atoms with Gasteiger partial charge < -0.3 is 13.9 Å². The molecule has 0 N–H and O–H groups in total. The van der Waals surface area contributed by atoms with Gasteiger partial charge in [-0.2, -0.15) is 0 Å². The molecule has 2 aromatic heterocycles. The molecule has 11 aromatic carbocycles. The van der Waals surface area contributed by atoms with Gasteiger partial charge in [-0.15, -0.1) is 0 Å². The molecule has 0 saturated heterocycles. The molecule has 324 valence electrons. The Morgan fingerprint density at radius 3 is 1.29 bits per heavy atom. The lowest BCUT2D eigenvalue weighted by molar-refractivity contribution is 0.670. The van der Waals surface area contributed by atoms with E-state index in [2.05, 4.69) is 264 Å². The highest BCUT2D eigenvalue weighted by Crippen LogP contribution is 2.43. The zero-order valence-corrected chi connectivity index (χ0v) is 37.7. The van der Waals surface area contributed by atoms with Crippen molar-refractivity contribution in [2.45, 2.75) is 0 Å². The highest BCUT2D eigenvalue weighted by Gasteiger charge is 2.19. The van der Waals surface area contributed by atoms with Gasteiger partial charge in [-0.3, -0.25) is 0 Å². The third-order valence-corrected chi connectivity index (χ3v) is 13.7. The molecule has 0 saturated carbocycles. The van der Waals surface area contributed by atoms with Gasteiger partial charge >= 0.3 is 0 Å². The predicted octanol–water partition coefficient (Wildman–Crippen LogP) is 18.5. The summed E-state index contributed by atoms with van der Waals surface area (Å²) in [6.07, 6.45) is 0. The summed E-state index contributed by atoms with van der Waals surface area (Å²) in [5.74, 6) is 0. The van der Waals surface area contributed by atoms with Crippen LogP contribution >= 0.6 is 0 Å². The minimum absolute atomic E-state index is 0.901. The van der Waals surface area contributed by atoms with Gasteiger partial charge in [0.2, 0.25) is 0 Å². The van der Waals surface area contributed by atoms with Crippen molar-refractivity contribution < 1.29 is 4.42 Å². The number of anilines is 3. The van der Waals surface area contributed by atoms with Crippen molar-refractivity contribution in [3.63, 3.8) is 0 Å². The number of nitrogens with zero attached hydrogens (tertiary/aromatic N) is 2. The molecule has 2 heterocycles. The number of hydrogen-bond donors (Lipinski definition) is 0. The molecular weight excluding hydrogens is 837 g/mol. The quantitative estimate of drug-likeness (QED) is 0.144. The number of aromatic nitrogens is 1. The third-order valence-electron chi connectivity index (χ3n) is 13.7. The molecule has 0 aliphatic heterocycles. The van der Waals surface area contributed by atoms with Gasteiger partial charge in [-0.1, -0.05) is 206 Å². The molecule has 0 aliphatic carbocycles. The number of fused-ring (bicyclic) bond motifs is 6. The first-order valence-corrected chi connectivity index (χ1v) is 23.6. The molecule has 13 aromatic rings. The van der Waals surface area contributed by atoms with Crippen LogP contribution in [0.25, 0.3) is 105 Å². The van der Waals surface area contributed by atoms with E-state index in [0.29, 0.717) is 0 Å². The van der Waals surface area contributed by atoms with E-state index in [1.165, 1.54) is 55.3 Å². The van der Waals surface area contributed by atoms with Crippen molar-refractivity contribution in [1.29, 1.82) is 0 Å². The van der Waals surface area contributed by atoms with Crippen LogP contribution in [0.3, 0.4) is 0 Å². The van der Waals surface area contributed by atoms with Gasteiger partial charge in [0.15, 0.2) is 0 Å². The minimum atomic E-state index is 0.901. The van der Waals surface area contributed by atoms with Crippen molar-refractivity contribution in [2.24, 2.45) is 0 Å². The van der Waals surface area contributed by atoms with Crippen LogP contribution in [0.4, 0.5) is 17.1 Å². The van der Waals surface area contributed by atoms with Crippen molar-refractivity contribution in [3.8, 4) is 61.3 Å². The Balaban J connectivity index is 0.840. The molecule has 0 aliphatic rings. The highest BCUT2D eigenvalue weighted by atomic mass is 16.3. The largest absolute Gasteiger partial charge is 0.455 e. The molecule has 0 spiro atoms. The molecule has 3 nitrogen and oxygen atoms in total. The zero-order valence-electron chi connectivity index (χ0n) is 37.7. The molecule has 0 unspecified atom stereocenters. The van der Waals surface area contributed by atoms with Gasteiger partial charge in [0, 0.05) is 49.7 Å². The zero-order chi connectivity index (χ0) is 45.7. The summed E-state index contributed by atoms with van der Waals surface area (Å²) in [5, 5.41) is 4.78. The number of benzene rings is 11. The fourth-order valence-corrected chi connectivity index (χ4v) is 10.3. The topological polar surface area (TPSA) is 21.3 Å². The van der Waals surface area contributed by atoms with Crippen LogP contribution < -0.4 is 4.90 Å². The number of rotatable bonds is 9. The Labute approximate surface area is 401 Å². The summed E-state index contributed by atoms with van der Waals surface area (Å²) in [6.45, 7) is 0. The first-order valence-electron chi connectivity index (χ1n) is 23.6. The molecule has 3 heteroatoms. The normalized spacial score (nSPS) is 11.5. The molecule has 13 rings (SSSR count). The maximum Gasteiger partial charge on any atom is 0.143 e. The van der Waals surface area contributed by atoms with Crippen molar-refractivity contribution in [3.05, 3.63) is 267 Å². The van der Waals surface area contributed by atoms with E-state index in [1.807, 2.05) is 12.1 Å². The van der Waals surface area contributed by atoms with Gasteiger partial charge in [-0.25, -0.2) is 0 Å². The highest BCUT2D eigenvalue weighted by molar-refractivity contribution is 6.11. The maximum atomic E-state index is 6.51. The van der Waals surface area contributed by atoms with E-state index < -0.39 is 0 Å². The Morgan fingerprint density at radius 2 is 0.667 bits per heavy atom. The monoisotopic (exact) mass is 880 g/mol. The van der Waals surface area contributed by atoms with E-state index in [4.69, 9.17) is 4.42 Å². The van der Waals surface area contributed by atoms with Crippen LogP contribution in [-0.4, -0.2) is 4.57 Å². The van der Waals surface area contributed by atoms with Crippen LogP contribution in [0.2, 0.25) is 0 Å². The molecule has 0 amide bonds. The minimum Gasteiger partial charge on any atom is -0.455 e. The fourth-order valence-electron chi connectivity index (χ4n) is 10.3. The molecule has 0 radical (unpaired) electrons. The first-order chi connectivity index (χ1) is 34.2. The second kappa shape index (κ2) is 16.9. The van der Waals surface area contributed by atoms with E-state index >= 15 is 0 Å². The Bertz CT molecular complexity index is 3920. The van der Waals surface area contributed by atoms with E-state index in [-0.39, 0.29) is 0 Å². The van der Waals surface area contributed by atoms with Gasteiger partial charge in [-0.05, 0) is 105 Å². The SMILES string of the molecule is c1ccc(-c2ccc(N(c3ccc(-c4ccc(-c5ccccc5-n5c6ccccc6c6ccccc65)cc4)cc3)c3ccc(-c4ccccc4-c4cccc5c4oc4ccccc45)cc3)cc2)cc1. The second-order valence-electron chi connectivity index (χ2n) is 17.6. The van der Waals surface area contributed by atoms with Crippen LogP contribution in [0, 0.1) is 0 Å². The molecule has 69 heavy (non-hydrogen) atoms. The molecule has 0 atom stereocenters. The average Bonchev–Trinajstić information content (AvgIpc) is 3.98. The van der Waals surface area contributed by atoms with Gasteiger partial charge in [0.05, 0.1) is 16.7 Å². The summed E-state index contributed by atoms with van der Waals surface area (Å²) in [7, 11) is 0. The lowest BCUT2D eigenvalue weighted by Crippen LogP contribution is -2.09. The van der Waals surface area contributed by atoms with Gasteiger partial charge in [0.1, 0.15) is 11.2 Å². The Kier molecular flexibility index (Phi) is 9.84. The number of hydrogen-bond acceptors (Lipinski definition) is 2. The number of furan rings is 1. The lowest BCUT2D eigenvalue weighted by Gasteiger charge is -2.26. The van der Waals surface area contributed by atoms with Crippen molar-refractivity contribution >= 4 is 60.8 Å². The van der Waals surface area contributed by atoms with Crippen molar-refractivity contribution in [1.82, 2.24) is 4.57 Å².